The Balaban J connectivity index is 1.85. The van der Waals surface area contributed by atoms with Gasteiger partial charge >= 0.3 is 0 Å². The molecule has 1 saturated carbocycles. The molecule has 2 fully saturated rings. The molecule has 2 bridgehead atoms. The number of ether oxygens (including phenoxy) is 2. The van der Waals surface area contributed by atoms with Crippen LogP contribution >= 0.6 is 0 Å². The molecule has 1 aromatic rings. The molecule has 2 heterocycles. The molecule has 23 heavy (non-hydrogen) atoms. The standard InChI is InChI=1S/C17H25N3O3/c1-4-9-23-16-13-6-7-15(16)22-10-8-19(13)17(21)14-11-12(3)18-20(14)5-2/h4,11,13,15-16H,1,5-10H2,2-3H3. The van der Waals surface area contributed by atoms with E-state index in [0.717, 1.165) is 18.5 Å². The number of aromatic nitrogens is 2. The van der Waals surface area contributed by atoms with Crippen LogP contribution in [0.3, 0.4) is 0 Å². The first-order valence-corrected chi connectivity index (χ1v) is 8.35. The summed E-state index contributed by atoms with van der Waals surface area (Å²) >= 11 is 0. The molecule has 0 radical (unpaired) electrons. The zero-order valence-corrected chi connectivity index (χ0v) is 13.9. The quantitative estimate of drug-likeness (QED) is 0.777. The second-order valence-corrected chi connectivity index (χ2v) is 6.13. The molecule has 1 amide bonds. The number of hydrogen-bond acceptors (Lipinski definition) is 4. The van der Waals surface area contributed by atoms with Crippen molar-refractivity contribution in [3.63, 3.8) is 0 Å². The molecule has 6 nitrogen and oxygen atoms in total. The summed E-state index contributed by atoms with van der Waals surface area (Å²) in [6, 6.07) is 1.93. The van der Waals surface area contributed by atoms with Crippen LogP contribution in [0.25, 0.3) is 0 Å². The van der Waals surface area contributed by atoms with Gasteiger partial charge in [0, 0.05) is 13.1 Å². The van der Waals surface area contributed by atoms with Gasteiger partial charge in [0.25, 0.3) is 5.91 Å². The lowest BCUT2D eigenvalue weighted by Gasteiger charge is -2.31. The molecule has 1 aliphatic carbocycles. The third kappa shape index (κ3) is 3.05. The van der Waals surface area contributed by atoms with E-state index in [4.69, 9.17) is 9.47 Å². The molecule has 3 atom stereocenters. The van der Waals surface area contributed by atoms with E-state index in [1.54, 1.807) is 10.8 Å². The molecule has 0 N–H and O–H groups in total. The number of carbonyl (C=O) groups is 1. The van der Waals surface area contributed by atoms with Crippen LogP contribution in [0.4, 0.5) is 0 Å². The monoisotopic (exact) mass is 319 g/mol. The summed E-state index contributed by atoms with van der Waals surface area (Å²) in [5.74, 6) is 0.0239. The molecule has 0 spiro atoms. The summed E-state index contributed by atoms with van der Waals surface area (Å²) in [5.41, 5.74) is 1.52. The van der Waals surface area contributed by atoms with Gasteiger partial charge in [-0.3, -0.25) is 9.48 Å². The normalized spacial score (nSPS) is 27.0. The van der Waals surface area contributed by atoms with Crippen LogP contribution in [0.1, 0.15) is 35.9 Å². The highest BCUT2D eigenvalue weighted by atomic mass is 16.5. The molecule has 2 aliphatic rings. The highest BCUT2D eigenvalue weighted by Crippen LogP contribution is 2.32. The van der Waals surface area contributed by atoms with Crippen LogP contribution in [0.5, 0.6) is 0 Å². The van der Waals surface area contributed by atoms with Crippen molar-refractivity contribution in [1.82, 2.24) is 14.7 Å². The van der Waals surface area contributed by atoms with E-state index in [1.807, 2.05) is 24.8 Å². The summed E-state index contributed by atoms with van der Waals surface area (Å²) in [6.45, 7) is 9.94. The van der Waals surface area contributed by atoms with E-state index in [9.17, 15) is 4.79 Å². The Hall–Kier alpha value is -1.66. The van der Waals surface area contributed by atoms with Crippen molar-refractivity contribution in [2.45, 2.75) is 51.5 Å². The number of amides is 1. The number of carbonyl (C=O) groups excluding carboxylic acids is 1. The minimum atomic E-state index is -0.0708. The Morgan fingerprint density at radius 3 is 3.13 bits per heavy atom. The predicted molar refractivity (Wildman–Crippen MR) is 86.4 cm³/mol. The van der Waals surface area contributed by atoms with E-state index in [1.165, 1.54) is 0 Å². The van der Waals surface area contributed by atoms with E-state index in [-0.39, 0.29) is 24.2 Å². The summed E-state index contributed by atoms with van der Waals surface area (Å²) in [5, 5.41) is 4.39. The summed E-state index contributed by atoms with van der Waals surface area (Å²) in [7, 11) is 0. The van der Waals surface area contributed by atoms with Crippen molar-refractivity contribution in [2.24, 2.45) is 0 Å². The summed E-state index contributed by atoms with van der Waals surface area (Å²) < 4.78 is 13.6. The molecular weight excluding hydrogens is 294 g/mol. The second kappa shape index (κ2) is 6.84. The Kier molecular flexibility index (Phi) is 4.82. The molecule has 126 valence electrons. The number of fused-ring (bicyclic) bond motifs is 2. The van der Waals surface area contributed by atoms with Gasteiger partial charge < -0.3 is 14.4 Å². The molecule has 6 heteroatoms. The second-order valence-electron chi connectivity index (χ2n) is 6.13. The van der Waals surface area contributed by atoms with E-state index >= 15 is 0 Å². The minimum absolute atomic E-state index is 0.0239. The van der Waals surface area contributed by atoms with Gasteiger partial charge in [0.2, 0.25) is 0 Å². The van der Waals surface area contributed by atoms with E-state index in [0.29, 0.717) is 32.0 Å². The topological polar surface area (TPSA) is 56.6 Å². The molecule has 1 saturated heterocycles. The van der Waals surface area contributed by atoms with Crippen molar-refractivity contribution in [3.8, 4) is 0 Å². The fourth-order valence-corrected chi connectivity index (χ4v) is 3.65. The van der Waals surface area contributed by atoms with Crippen molar-refractivity contribution >= 4 is 5.91 Å². The third-order valence-corrected chi connectivity index (χ3v) is 4.65. The average molecular weight is 319 g/mol. The van der Waals surface area contributed by atoms with Gasteiger partial charge in [-0.25, -0.2) is 0 Å². The Morgan fingerprint density at radius 2 is 2.39 bits per heavy atom. The van der Waals surface area contributed by atoms with Gasteiger partial charge in [-0.15, -0.1) is 6.58 Å². The highest BCUT2D eigenvalue weighted by molar-refractivity contribution is 5.93. The van der Waals surface area contributed by atoms with E-state index in [2.05, 4.69) is 11.7 Å². The number of hydrogen-bond donors (Lipinski definition) is 0. The Labute approximate surface area is 137 Å². The summed E-state index contributed by atoms with van der Waals surface area (Å²) in [6.07, 6.45) is 3.60. The van der Waals surface area contributed by atoms with Crippen LogP contribution in [0.2, 0.25) is 0 Å². The first-order chi connectivity index (χ1) is 11.2. The smallest absolute Gasteiger partial charge is 0.272 e. The molecular formula is C17H25N3O3. The van der Waals surface area contributed by atoms with Gasteiger partial charge in [0.1, 0.15) is 11.8 Å². The van der Waals surface area contributed by atoms with Crippen molar-refractivity contribution in [1.29, 1.82) is 0 Å². The lowest BCUT2D eigenvalue weighted by molar-refractivity contribution is -0.0435. The molecule has 1 aliphatic heterocycles. The molecule has 3 unspecified atom stereocenters. The van der Waals surface area contributed by atoms with Gasteiger partial charge in [-0.05, 0) is 32.8 Å². The van der Waals surface area contributed by atoms with Crippen molar-refractivity contribution < 1.29 is 14.3 Å². The third-order valence-electron chi connectivity index (χ3n) is 4.65. The van der Waals surface area contributed by atoms with Gasteiger partial charge in [-0.2, -0.15) is 5.10 Å². The van der Waals surface area contributed by atoms with Crippen LogP contribution in [-0.2, 0) is 16.0 Å². The number of aryl methyl sites for hydroxylation is 2. The van der Waals surface area contributed by atoms with Crippen molar-refractivity contribution in [2.75, 3.05) is 19.8 Å². The lowest BCUT2D eigenvalue weighted by atomic mass is 10.1. The minimum Gasteiger partial charge on any atom is -0.374 e. The molecule has 1 aromatic heterocycles. The van der Waals surface area contributed by atoms with Gasteiger partial charge in [0.15, 0.2) is 0 Å². The maximum atomic E-state index is 13.1. The molecule has 0 aromatic carbocycles. The zero-order valence-electron chi connectivity index (χ0n) is 13.9. The summed E-state index contributed by atoms with van der Waals surface area (Å²) in [4.78, 5) is 15.0. The molecule has 3 rings (SSSR count). The maximum Gasteiger partial charge on any atom is 0.272 e. The fourth-order valence-electron chi connectivity index (χ4n) is 3.65. The zero-order chi connectivity index (χ0) is 16.4. The fraction of sp³-hybridized carbons (Fsp3) is 0.647. The Morgan fingerprint density at radius 1 is 1.57 bits per heavy atom. The Bertz CT molecular complexity index is 584. The van der Waals surface area contributed by atoms with E-state index < -0.39 is 0 Å². The van der Waals surface area contributed by atoms with Crippen LogP contribution in [-0.4, -0.2) is 58.6 Å². The largest absolute Gasteiger partial charge is 0.374 e. The number of rotatable bonds is 5. The highest BCUT2D eigenvalue weighted by Gasteiger charge is 2.45. The average Bonchev–Trinajstić information content (AvgIpc) is 3.04. The first-order valence-electron chi connectivity index (χ1n) is 8.35. The van der Waals surface area contributed by atoms with Gasteiger partial charge in [-0.1, -0.05) is 6.08 Å². The predicted octanol–water partition coefficient (Wildman–Crippen LogP) is 1.79. The lowest BCUT2D eigenvalue weighted by Crippen LogP contribution is -2.47. The van der Waals surface area contributed by atoms with Crippen LogP contribution < -0.4 is 0 Å². The van der Waals surface area contributed by atoms with Crippen LogP contribution in [0, 0.1) is 6.92 Å². The first kappa shape index (κ1) is 16.2. The van der Waals surface area contributed by atoms with Crippen LogP contribution in [0.15, 0.2) is 18.7 Å². The van der Waals surface area contributed by atoms with Gasteiger partial charge in [0.05, 0.1) is 31.1 Å². The maximum absolute atomic E-state index is 13.1. The SMILES string of the molecule is C=CCOC1C2CCC1N(C(=O)c1cc(C)nn1CC)CCO2. The van der Waals surface area contributed by atoms with Crippen molar-refractivity contribution in [3.05, 3.63) is 30.1 Å². The number of nitrogens with zero attached hydrogens (tertiary/aromatic N) is 3.